The maximum atomic E-state index is 8.66. The van der Waals surface area contributed by atoms with E-state index in [1.165, 1.54) is 7.11 Å². The number of hydrogen-bond acceptors (Lipinski definition) is 2. The van der Waals surface area contributed by atoms with E-state index < -0.39 is 6.10 Å². The molecule has 0 saturated heterocycles. The Kier molecular flexibility index (Phi) is 3.27. The Hall–Kier alpha value is -0.850. The summed E-state index contributed by atoms with van der Waals surface area (Å²) in [5, 5.41) is 8.66. The molecule has 3 heteroatoms. The number of rotatable bonds is 2. The molecular weight excluding hydrogens is 218 g/mol. The second-order valence-electron chi connectivity index (χ2n) is 2.30. The zero-order chi connectivity index (χ0) is 8.97. The predicted molar refractivity (Wildman–Crippen MR) is 49.5 cm³/mol. The van der Waals surface area contributed by atoms with Gasteiger partial charge < -0.3 is 4.74 Å². The van der Waals surface area contributed by atoms with Crippen LogP contribution in [-0.2, 0) is 4.74 Å². The molecule has 1 aromatic carbocycles. The molecule has 0 fully saturated rings. The third-order valence-corrected chi connectivity index (χ3v) is 2.05. The van der Waals surface area contributed by atoms with Crippen LogP contribution >= 0.6 is 15.9 Å². The fraction of sp³-hybridized carbons (Fsp3) is 0.222. The van der Waals surface area contributed by atoms with Crippen LogP contribution in [0, 0.1) is 11.3 Å². The van der Waals surface area contributed by atoms with E-state index >= 15 is 0 Å². The topological polar surface area (TPSA) is 33.0 Å². The first-order chi connectivity index (χ1) is 5.77. The van der Waals surface area contributed by atoms with E-state index in [0.29, 0.717) is 0 Å². The molecule has 0 aliphatic rings. The summed E-state index contributed by atoms with van der Waals surface area (Å²) in [6, 6.07) is 9.55. The lowest BCUT2D eigenvalue weighted by atomic mass is 10.1. The molecule has 0 aliphatic heterocycles. The standard InChI is InChI=1S/C9H8BrNO/c1-12-9(6-11)7-2-4-8(10)5-3-7/h2-5,9H,1H3/t9-/m1/s1. The Morgan fingerprint density at radius 1 is 1.42 bits per heavy atom. The molecule has 0 radical (unpaired) electrons. The highest BCUT2D eigenvalue weighted by Gasteiger charge is 2.06. The van der Waals surface area contributed by atoms with Gasteiger partial charge in [-0.05, 0) is 17.7 Å². The maximum Gasteiger partial charge on any atom is 0.168 e. The molecule has 2 nitrogen and oxygen atoms in total. The number of methoxy groups -OCH3 is 1. The first-order valence-electron chi connectivity index (χ1n) is 3.46. The van der Waals surface area contributed by atoms with E-state index in [1.807, 2.05) is 30.3 Å². The van der Waals surface area contributed by atoms with E-state index in [2.05, 4.69) is 15.9 Å². The van der Waals surface area contributed by atoms with Gasteiger partial charge in [0, 0.05) is 11.6 Å². The second-order valence-corrected chi connectivity index (χ2v) is 3.21. The predicted octanol–water partition coefficient (Wildman–Crippen LogP) is 2.66. The average Bonchev–Trinajstić information content (AvgIpc) is 2.10. The third kappa shape index (κ3) is 2.07. The van der Waals surface area contributed by atoms with Crippen LogP contribution in [0.1, 0.15) is 11.7 Å². The molecule has 0 amide bonds. The summed E-state index contributed by atoms with van der Waals surface area (Å²) in [5.74, 6) is 0. The fourth-order valence-corrected chi connectivity index (χ4v) is 1.17. The van der Waals surface area contributed by atoms with Crippen molar-refractivity contribution in [2.24, 2.45) is 0 Å². The van der Waals surface area contributed by atoms with Gasteiger partial charge in [-0.3, -0.25) is 0 Å². The lowest BCUT2D eigenvalue weighted by molar-refractivity contribution is 0.148. The zero-order valence-corrected chi connectivity index (χ0v) is 8.21. The minimum absolute atomic E-state index is 0.460. The molecule has 0 spiro atoms. The molecule has 1 aromatic rings. The van der Waals surface area contributed by atoms with Gasteiger partial charge >= 0.3 is 0 Å². The Morgan fingerprint density at radius 2 is 2.00 bits per heavy atom. The first kappa shape index (κ1) is 9.24. The fourth-order valence-electron chi connectivity index (χ4n) is 0.901. The van der Waals surface area contributed by atoms with Crippen LogP contribution in [0.2, 0.25) is 0 Å². The third-order valence-electron chi connectivity index (χ3n) is 1.53. The molecule has 0 N–H and O–H groups in total. The summed E-state index contributed by atoms with van der Waals surface area (Å²) >= 11 is 3.31. The monoisotopic (exact) mass is 225 g/mol. The van der Waals surface area contributed by atoms with Crippen molar-refractivity contribution in [3.63, 3.8) is 0 Å². The molecule has 1 atom stereocenters. The number of nitrogens with zero attached hydrogens (tertiary/aromatic N) is 1. The normalized spacial score (nSPS) is 12.1. The quantitative estimate of drug-likeness (QED) is 0.776. The number of ether oxygens (including phenoxy) is 1. The van der Waals surface area contributed by atoms with E-state index in [9.17, 15) is 0 Å². The van der Waals surface area contributed by atoms with Crippen molar-refractivity contribution in [1.82, 2.24) is 0 Å². The molecular formula is C9H8BrNO. The largest absolute Gasteiger partial charge is 0.362 e. The summed E-state index contributed by atoms with van der Waals surface area (Å²) in [6.45, 7) is 0. The maximum absolute atomic E-state index is 8.66. The van der Waals surface area contributed by atoms with Crippen LogP contribution in [0.5, 0.6) is 0 Å². The van der Waals surface area contributed by atoms with Crippen molar-refractivity contribution < 1.29 is 4.74 Å². The summed E-state index contributed by atoms with van der Waals surface area (Å²) < 4.78 is 5.95. The molecule has 0 saturated carbocycles. The van der Waals surface area contributed by atoms with Crippen molar-refractivity contribution in [1.29, 1.82) is 5.26 Å². The Balaban J connectivity index is 2.89. The number of hydrogen-bond donors (Lipinski definition) is 0. The molecule has 0 bridgehead atoms. The Morgan fingerprint density at radius 3 is 2.42 bits per heavy atom. The van der Waals surface area contributed by atoms with Gasteiger partial charge in [0.15, 0.2) is 6.10 Å². The van der Waals surface area contributed by atoms with Crippen LogP contribution in [0.25, 0.3) is 0 Å². The van der Waals surface area contributed by atoms with Crippen molar-refractivity contribution >= 4 is 15.9 Å². The number of halogens is 1. The summed E-state index contributed by atoms with van der Waals surface area (Å²) in [4.78, 5) is 0. The van der Waals surface area contributed by atoms with Crippen molar-refractivity contribution in [2.45, 2.75) is 6.10 Å². The lowest BCUT2D eigenvalue weighted by Crippen LogP contribution is -1.96. The smallest absolute Gasteiger partial charge is 0.168 e. The summed E-state index contributed by atoms with van der Waals surface area (Å²) in [5.41, 5.74) is 0.878. The summed E-state index contributed by atoms with van der Waals surface area (Å²) in [7, 11) is 1.52. The molecule has 0 aliphatic carbocycles. The minimum atomic E-state index is -0.460. The van der Waals surface area contributed by atoms with Gasteiger partial charge in [-0.15, -0.1) is 0 Å². The van der Waals surface area contributed by atoms with E-state index in [4.69, 9.17) is 10.00 Å². The second kappa shape index (κ2) is 4.24. The SMILES string of the molecule is CO[C@H](C#N)c1ccc(Br)cc1. The van der Waals surface area contributed by atoms with E-state index in [0.717, 1.165) is 10.0 Å². The Bertz CT molecular complexity index is 288. The van der Waals surface area contributed by atoms with Gasteiger partial charge in [0.05, 0.1) is 6.07 Å². The van der Waals surface area contributed by atoms with Gasteiger partial charge in [-0.2, -0.15) is 5.26 Å². The Labute approximate surface area is 79.9 Å². The molecule has 12 heavy (non-hydrogen) atoms. The molecule has 62 valence electrons. The zero-order valence-electron chi connectivity index (χ0n) is 6.62. The number of nitriles is 1. The van der Waals surface area contributed by atoms with Crippen molar-refractivity contribution in [3.05, 3.63) is 34.3 Å². The first-order valence-corrected chi connectivity index (χ1v) is 4.25. The van der Waals surface area contributed by atoms with Gasteiger partial charge in [0.25, 0.3) is 0 Å². The van der Waals surface area contributed by atoms with Crippen LogP contribution < -0.4 is 0 Å². The highest BCUT2D eigenvalue weighted by molar-refractivity contribution is 9.10. The molecule has 0 heterocycles. The van der Waals surface area contributed by atoms with Crippen LogP contribution in [-0.4, -0.2) is 7.11 Å². The number of benzene rings is 1. The van der Waals surface area contributed by atoms with E-state index in [1.54, 1.807) is 0 Å². The van der Waals surface area contributed by atoms with Gasteiger partial charge in [0.2, 0.25) is 0 Å². The molecule has 1 rings (SSSR count). The van der Waals surface area contributed by atoms with Crippen molar-refractivity contribution in [3.8, 4) is 6.07 Å². The van der Waals surface area contributed by atoms with Crippen LogP contribution in [0.3, 0.4) is 0 Å². The van der Waals surface area contributed by atoms with Crippen LogP contribution in [0.4, 0.5) is 0 Å². The lowest BCUT2D eigenvalue weighted by Gasteiger charge is -2.05. The molecule has 0 aromatic heterocycles. The average molecular weight is 226 g/mol. The van der Waals surface area contributed by atoms with E-state index in [-0.39, 0.29) is 0 Å². The minimum Gasteiger partial charge on any atom is -0.362 e. The highest BCUT2D eigenvalue weighted by atomic mass is 79.9. The van der Waals surface area contributed by atoms with Gasteiger partial charge in [-0.25, -0.2) is 0 Å². The van der Waals surface area contributed by atoms with Gasteiger partial charge in [-0.1, -0.05) is 28.1 Å². The highest BCUT2D eigenvalue weighted by Crippen LogP contribution is 2.18. The van der Waals surface area contributed by atoms with Gasteiger partial charge in [0.1, 0.15) is 0 Å². The van der Waals surface area contributed by atoms with Crippen molar-refractivity contribution in [2.75, 3.05) is 7.11 Å². The summed E-state index contributed by atoms with van der Waals surface area (Å²) in [6.07, 6.45) is -0.460. The molecule has 0 unspecified atom stereocenters. The van der Waals surface area contributed by atoms with Crippen LogP contribution in [0.15, 0.2) is 28.7 Å².